The van der Waals surface area contributed by atoms with Gasteiger partial charge < -0.3 is 0 Å². The van der Waals surface area contributed by atoms with Crippen LogP contribution in [-0.2, 0) is 34.1 Å². The molecule has 0 aromatic carbocycles. The van der Waals surface area contributed by atoms with Gasteiger partial charge in [0.25, 0.3) is 0 Å². The second-order valence-corrected chi connectivity index (χ2v) is 0. The van der Waals surface area contributed by atoms with Gasteiger partial charge in [0, 0.05) is 34.1 Å². The molecule has 0 aromatic heterocycles. The monoisotopic (exact) mass is 162 g/mol. The second-order valence-electron chi connectivity index (χ2n) is 0. The minimum atomic E-state index is 0. The zero-order valence-corrected chi connectivity index (χ0v) is 6.80. The average molecular weight is 162 g/mol. The molecule has 0 spiro atoms. The number of hydrogen-bond donors (Lipinski definition) is 0. The van der Waals surface area contributed by atoms with E-state index in [1.807, 2.05) is 0 Å². The topological polar surface area (TPSA) is 0 Å². The Balaban J connectivity index is -0.00000000500. The zero-order chi connectivity index (χ0) is 2.00. The molecule has 30 valence electrons. The Morgan fingerprint density at radius 1 is 1.25 bits per heavy atom. The minimum absolute atomic E-state index is 0. The van der Waals surface area contributed by atoms with E-state index in [0.717, 1.165) is 0 Å². The van der Waals surface area contributed by atoms with Crippen LogP contribution in [0.2, 0.25) is 0 Å². The molecule has 4 heteroatoms. The van der Waals surface area contributed by atoms with Crippen LogP contribution in [0.4, 0.5) is 0 Å². The molecule has 0 heterocycles. The van der Waals surface area contributed by atoms with Crippen molar-refractivity contribution in [1.29, 1.82) is 0 Å². The molecule has 0 aliphatic heterocycles. The molecule has 0 unspecified atom stereocenters. The van der Waals surface area contributed by atoms with Crippen LogP contribution in [0.15, 0.2) is 0 Å². The molecule has 0 saturated heterocycles. The van der Waals surface area contributed by atoms with Gasteiger partial charge in [0.05, 0.1) is 7.44 Å². The summed E-state index contributed by atoms with van der Waals surface area (Å²) >= 11 is 0. The molecular weight excluding hydrogens is 157 g/mol. The van der Waals surface area contributed by atoms with Crippen LogP contribution in [0.3, 0.4) is 0 Å². The van der Waals surface area contributed by atoms with E-state index in [2.05, 4.69) is 7.44 Å². The summed E-state index contributed by atoms with van der Waals surface area (Å²) in [6.07, 6.45) is 0. The third-order valence-electron chi connectivity index (χ3n) is 0. The van der Waals surface area contributed by atoms with Gasteiger partial charge in [-0.2, -0.15) is 0 Å². The first kappa shape index (κ1) is 18.4. The van der Waals surface area contributed by atoms with Crippen molar-refractivity contribution in [2.45, 2.75) is 0 Å². The molecule has 0 bridgehead atoms. The Kier molecular flexibility index (Phi) is 126. The first-order chi connectivity index (χ1) is 1.00. The average Bonchev–Trinajstić information content (AvgIpc) is 1.00. The molecule has 4 heavy (non-hydrogen) atoms. The fourth-order valence-corrected chi connectivity index (χ4v) is 0. The molecule has 0 aromatic rings. The van der Waals surface area contributed by atoms with Crippen molar-refractivity contribution >= 4 is 17.6 Å². The summed E-state index contributed by atoms with van der Waals surface area (Å²) in [4.78, 5) is 0. The van der Waals surface area contributed by atoms with E-state index in [4.69, 9.17) is 0 Å². The molecule has 0 amide bonds. The molecule has 0 rings (SSSR count). The fraction of sp³-hybridized carbons (Fsp3) is 0. The molecule has 0 aliphatic carbocycles. The quantitative estimate of drug-likeness (QED) is 0.358. The Hall–Kier alpha value is 1.32. The zero-order valence-electron chi connectivity index (χ0n) is 2.68. The van der Waals surface area contributed by atoms with Gasteiger partial charge in [-0.25, -0.2) is 0 Å². The number of hydrogen-bond acceptors (Lipinski definition) is 0. The third-order valence-corrected chi connectivity index (χ3v) is 0. The molecule has 0 N–H and O–H groups in total. The molecule has 0 atom stereocenters. The predicted molar refractivity (Wildman–Crippen MR) is 18.5 cm³/mol. The SMILES string of the molecule is B[SiH3].[Cu].[Mn]. The number of rotatable bonds is 0. The van der Waals surface area contributed by atoms with E-state index in [-0.39, 0.29) is 34.1 Å². The fourth-order valence-electron chi connectivity index (χ4n) is 0. The van der Waals surface area contributed by atoms with Crippen molar-refractivity contribution in [3.05, 3.63) is 0 Å². The van der Waals surface area contributed by atoms with Gasteiger partial charge in [-0.15, -0.1) is 0 Å². The molecule has 0 aliphatic rings. The molecular formula is H5BCuMnSi. The largest absolute Gasteiger partial charge is 0.0852 e. The van der Waals surface area contributed by atoms with Crippen LogP contribution >= 0.6 is 0 Å². The predicted octanol–water partition coefficient (Wildman–Crippen LogP) is -2.11. The Morgan fingerprint density at radius 3 is 1.25 bits per heavy atom. The van der Waals surface area contributed by atoms with E-state index in [9.17, 15) is 0 Å². The van der Waals surface area contributed by atoms with Gasteiger partial charge in [-0.3, -0.25) is 0 Å². The standard InChI is InChI=1S/BH5Si.Cu.Mn/c1-2;;/h1H2,2H3;;. The van der Waals surface area contributed by atoms with Gasteiger partial charge in [-0.1, -0.05) is 0 Å². The molecule has 0 nitrogen and oxygen atoms in total. The summed E-state index contributed by atoms with van der Waals surface area (Å²) in [5.74, 6) is 0. The van der Waals surface area contributed by atoms with Crippen LogP contribution in [0, 0.1) is 0 Å². The maximum Gasteiger partial charge on any atom is 0.0852 e. The van der Waals surface area contributed by atoms with E-state index in [1.165, 1.54) is 10.1 Å². The molecule has 2 radical (unpaired) electrons. The van der Waals surface area contributed by atoms with Gasteiger partial charge in [0.2, 0.25) is 0 Å². The normalized spacial score (nSPS) is 2.00. The Labute approximate surface area is 51.8 Å². The maximum absolute atomic E-state index is 2.14. The van der Waals surface area contributed by atoms with E-state index < -0.39 is 0 Å². The van der Waals surface area contributed by atoms with Crippen molar-refractivity contribution < 1.29 is 34.1 Å². The van der Waals surface area contributed by atoms with Crippen LogP contribution in [0.25, 0.3) is 0 Å². The van der Waals surface area contributed by atoms with Crippen LogP contribution in [0.5, 0.6) is 0 Å². The molecule has 0 saturated carbocycles. The minimum Gasteiger partial charge on any atom is -0.0304 e. The summed E-state index contributed by atoms with van der Waals surface area (Å²) in [6, 6.07) is 0. The summed E-state index contributed by atoms with van der Waals surface area (Å²) in [5.41, 5.74) is 0. The Morgan fingerprint density at radius 2 is 1.25 bits per heavy atom. The van der Waals surface area contributed by atoms with Gasteiger partial charge in [0.1, 0.15) is 0 Å². The molecule has 0 fully saturated rings. The van der Waals surface area contributed by atoms with Crippen molar-refractivity contribution in [2.24, 2.45) is 0 Å². The Bertz CT molecular complexity index is 8.00. The summed E-state index contributed by atoms with van der Waals surface area (Å²) < 4.78 is 0. The van der Waals surface area contributed by atoms with Crippen molar-refractivity contribution in [1.82, 2.24) is 0 Å². The third kappa shape index (κ3) is 10.3. The summed E-state index contributed by atoms with van der Waals surface area (Å²) in [5, 5.41) is 0. The van der Waals surface area contributed by atoms with Crippen molar-refractivity contribution in [3.63, 3.8) is 0 Å². The van der Waals surface area contributed by atoms with Crippen LogP contribution in [0.1, 0.15) is 0 Å². The van der Waals surface area contributed by atoms with Crippen LogP contribution in [-0.4, -0.2) is 17.6 Å². The van der Waals surface area contributed by atoms with Gasteiger partial charge >= 0.3 is 0 Å². The van der Waals surface area contributed by atoms with Crippen LogP contribution < -0.4 is 0 Å². The van der Waals surface area contributed by atoms with E-state index in [0.29, 0.717) is 0 Å². The van der Waals surface area contributed by atoms with Gasteiger partial charge in [0.15, 0.2) is 0 Å². The first-order valence-corrected chi connectivity index (χ1v) is 3.00. The smallest absolute Gasteiger partial charge is 0.0304 e. The first-order valence-electron chi connectivity index (χ1n) is 1.00. The maximum atomic E-state index is 2.14. The summed E-state index contributed by atoms with van der Waals surface area (Å²) in [6.45, 7) is 0. The second kappa shape index (κ2) is 27.3. The van der Waals surface area contributed by atoms with E-state index >= 15 is 0 Å². The van der Waals surface area contributed by atoms with Gasteiger partial charge in [-0.05, 0) is 10.1 Å². The van der Waals surface area contributed by atoms with Crippen molar-refractivity contribution in [3.8, 4) is 0 Å². The van der Waals surface area contributed by atoms with E-state index in [1.54, 1.807) is 0 Å². The van der Waals surface area contributed by atoms with Crippen molar-refractivity contribution in [2.75, 3.05) is 0 Å². The summed E-state index contributed by atoms with van der Waals surface area (Å²) in [7, 11) is 3.44.